The maximum Gasteiger partial charge on any atom is 0.312 e. The summed E-state index contributed by atoms with van der Waals surface area (Å²) in [6.45, 7) is 21.1. The number of nitrogens with two attached hydrogens (primary N) is 1. The zero-order chi connectivity index (χ0) is 75.6. The number of nitrogens with zero attached hydrogens (tertiary/aromatic N) is 8. The zero-order valence-electron chi connectivity index (χ0n) is 61.4. The van der Waals surface area contributed by atoms with Crippen LogP contribution in [0, 0.1) is 12.8 Å². The second-order valence-corrected chi connectivity index (χ2v) is 23.3. The smallest absolute Gasteiger partial charge is 0.312 e. The SMILES string of the molecule is [CH2]c1ccc(NC(=O)[C@H](CCCNC(N)=O)NC(=O)[C@@H](NC(=O)CCOCCN2C(=O)C=CC2=O)C(C)C)cc1C(=O)N(Cc1cn(CCOCCOCCOCCOCCOCCOCCOCCOC)nn1)Cc1cn(CCOCCOCCOCCOCCOCCOCCOCCOC)nn1. The van der Waals surface area contributed by atoms with E-state index in [1.807, 2.05) is 0 Å². The molecule has 2 aromatic heterocycles. The number of carbonyl (C=O) groups is 7. The zero-order valence-corrected chi connectivity index (χ0v) is 61.4. The van der Waals surface area contributed by atoms with E-state index in [2.05, 4.69) is 48.8 Å². The standard InChI is InChI=1S/C68H112N13O24/c1-54(2)64(73-61(82)12-17-91-20-16-81-62(83)10-11-63(81)84)66(86)72-60(7-6-13-70-68(69)88)65(85)71-56-9-8-55(3)59(49-56)67(87)78(50-57-52-79(76-74-57)14-18-92-25-27-96-33-35-100-41-43-104-47-45-102-39-37-98-31-29-94-23-21-89-4)51-58-53-80(77-75-58)15-19-93-26-28-97-34-36-101-42-44-105-48-46-103-40-38-99-32-30-95-24-22-90-5/h8-11,49,52-54,60,64H,3,6-7,12-48,50-51H2,1-2,4-5H3,(H,71,85)(H,72,86)(H,73,82)(H3,69,70,88)/t60-,64-/m0/s1. The predicted octanol–water partition coefficient (Wildman–Crippen LogP) is -0.236. The van der Waals surface area contributed by atoms with Gasteiger partial charge in [-0.15, -0.1) is 10.2 Å². The third-order valence-corrected chi connectivity index (χ3v) is 14.7. The third-order valence-electron chi connectivity index (χ3n) is 14.7. The van der Waals surface area contributed by atoms with Gasteiger partial charge in [-0.05, 0) is 43.4 Å². The quantitative estimate of drug-likeness (QED) is 0.0360. The van der Waals surface area contributed by atoms with Crippen molar-refractivity contribution in [2.24, 2.45) is 11.7 Å². The van der Waals surface area contributed by atoms with E-state index in [0.29, 0.717) is 215 Å². The lowest BCUT2D eigenvalue weighted by Crippen LogP contribution is -2.54. The molecule has 37 heteroatoms. The summed E-state index contributed by atoms with van der Waals surface area (Å²) in [5.74, 6) is -3.72. The highest BCUT2D eigenvalue weighted by Gasteiger charge is 2.30. The van der Waals surface area contributed by atoms with Crippen molar-refractivity contribution >= 4 is 47.2 Å². The van der Waals surface area contributed by atoms with Gasteiger partial charge in [0.2, 0.25) is 17.7 Å². The van der Waals surface area contributed by atoms with Gasteiger partial charge in [-0.2, -0.15) is 0 Å². The first-order chi connectivity index (χ1) is 51.2. The molecule has 1 aliphatic heterocycles. The molecule has 1 aliphatic rings. The Morgan fingerprint density at radius 2 is 0.886 bits per heavy atom. The summed E-state index contributed by atoms with van der Waals surface area (Å²) in [6, 6.07) is 1.51. The minimum absolute atomic E-state index is 0.00202. The lowest BCUT2D eigenvalue weighted by atomic mass is 10.0. The van der Waals surface area contributed by atoms with Crippen molar-refractivity contribution < 1.29 is 114 Å². The molecule has 0 aliphatic carbocycles. The van der Waals surface area contributed by atoms with Gasteiger partial charge in [-0.1, -0.05) is 30.3 Å². The highest BCUT2D eigenvalue weighted by atomic mass is 16.6. The van der Waals surface area contributed by atoms with Crippen LogP contribution >= 0.6 is 0 Å². The number of rotatable bonds is 69. The Kier molecular flexibility index (Phi) is 50.7. The van der Waals surface area contributed by atoms with Gasteiger partial charge in [0.1, 0.15) is 23.5 Å². The van der Waals surface area contributed by atoms with Gasteiger partial charge >= 0.3 is 6.03 Å². The molecule has 0 bridgehead atoms. The van der Waals surface area contributed by atoms with Crippen molar-refractivity contribution in [2.75, 3.05) is 244 Å². The van der Waals surface area contributed by atoms with E-state index >= 15 is 0 Å². The molecule has 1 radical (unpaired) electrons. The summed E-state index contributed by atoms with van der Waals surface area (Å²) in [5, 5.41) is 28.0. The summed E-state index contributed by atoms with van der Waals surface area (Å²) >= 11 is 0. The topological polar surface area (TPSA) is 418 Å². The molecule has 1 aromatic carbocycles. The number of carbonyl (C=O) groups excluding carboxylic acids is 7. The van der Waals surface area contributed by atoms with Gasteiger partial charge in [0.15, 0.2) is 0 Å². The van der Waals surface area contributed by atoms with Crippen LogP contribution in [0.2, 0.25) is 0 Å². The fourth-order valence-electron chi connectivity index (χ4n) is 9.23. The summed E-state index contributed by atoms with van der Waals surface area (Å²) in [7, 11) is 3.25. The molecule has 0 saturated carbocycles. The van der Waals surface area contributed by atoms with Crippen LogP contribution in [0.15, 0.2) is 42.7 Å². The first-order valence-electron chi connectivity index (χ1n) is 35.3. The molecular formula is C68H112N13O24. The fraction of sp³-hybridized carbons (Fsp3) is 0.706. The van der Waals surface area contributed by atoms with E-state index < -0.39 is 59.5 Å². The monoisotopic (exact) mass is 1490 g/mol. The molecule has 3 aromatic rings. The Bertz CT molecular complexity index is 2770. The third kappa shape index (κ3) is 43.3. The van der Waals surface area contributed by atoms with Crippen molar-refractivity contribution in [3.05, 3.63) is 72.2 Å². The van der Waals surface area contributed by atoms with Crippen LogP contribution in [0.5, 0.6) is 0 Å². The van der Waals surface area contributed by atoms with Crippen molar-refractivity contribution in [3.63, 3.8) is 0 Å². The number of benzene rings is 1. The van der Waals surface area contributed by atoms with Crippen molar-refractivity contribution in [2.45, 2.75) is 71.4 Å². The Hall–Kier alpha value is -7.15. The van der Waals surface area contributed by atoms with Crippen LogP contribution in [-0.2, 0) is 131 Å². The number of nitrogens with one attached hydrogen (secondary N) is 4. The highest BCUT2D eigenvalue weighted by molar-refractivity contribution is 6.12. The Balaban J connectivity index is 1.28. The van der Waals surface area contributed by atoms with Gasteiger partial charge in [-0.25, -0.2) is 14.2 Å². The summed E-state index contributed by atoms with van der Waals surface area (Å²) in [5.41, 5.74) is 6.80. The average Bonchev–Trinajstić information content (AvgIpc) is 1.59. The summed E-state index contributed by atoms with van der Waals surface area (Å²) < 4.78 is 96.3. The number of ether oxygens (including phenoxy) is 17. The minimum atomic E-state index is -1.21. The van der Waals surface area contributed by atoms with Gasteiger partial charge in [-0.3, -0.25) is 33.7 Å². The average molecular weight is 1500 g/mol. The molecule has 0 unspecified atom stereocenters. The molecule has 4 rings (SSSR count). The van der Waals surface area contributed by atoms with E-state index in [9.17, 15) is 33.6 Å². The lowest BCUT2D eigenvalue weighted by molar-refractivity contribution is -0.138. The van der Waals surface area contributed by atoms with Gasteiger partial charge in [0.05, 0.1) is 257 Å². The number of methoxy groups -OCH3 is 2. The maximum atomic E-state index is 14.9. The van der Waals surface area contributed by atoms with Crippen LogP contribution in [-0.4, -0.2) is 332 Å². The van der Waals surface area contributed by atoms with Crippen molar-refractivity contribution in [3.8, 4) is 0 Å². The Morgan fingerprint density at radius 1 is 0.505 bits per heavy atom. The second-order valence-electron chi connectivity index (χ2n) is 23.3. The van der Waals surface area contributed by atoms with Crippen LogP contribution in [0.1, 0.15) is 60.4 Å². The minimum Gasteiger partial charge on any atom is -0.382 e. The molecule has 0 saturated heterocycles. The summed E-state index contributed by atoms with van der Waals surface area (Å²) in [6.07, 6.45) is 5.80. The number of urea groups is 1. The van der Waals surface area contributed by atoms with E-state index in [-0.39, 0.29) is 83.1 Å². The van der Waals surface area contributed by atoms with E-state index in [1.54, 1.807) is 62.0 Å². The van der Waals surface area contributed by atoms with Gasteiger partial charge < -0.3 is 112 Å². The first kappa shape index (κ1) is 90.2. The van der Waals surface area contributed by atoms with Crippen molar-refractivity contribution in [1.82, 2.24) is 55.7 Å². The molecule has 8 amide bonds. The number of amides is 8. The molecule has 0 spiro atoms. The lowest BCUT2D eigenvalue weighted by Gasteiger charge is -2.26. The highest BCUT2D eigenvalue weighted by Crippen LogP contribution is 2.21. The molecule has 2 atom stereocenters. The molecule has 37 nitrogen and oxygen atoms in total. The molecule has 6 N–H and O–H groups in total. The van der Waals surface area contributed by atoms with Gasteiger partial charge in [0.25, 0.3) is 17.7 Å². The Morgan fingerprint density at radius 3 is 1.28 bits per heavy atom. The van der Waals surface area contributed by atoms with Crippen molar-refractivity contribution in [1.29, 1.82) is 0 Å². The van der Waals surface area contributed by atoms with Crippen LogP contribution in [0.4, 0.5) is 10.5 Å². The molecule has 593 valence electrons. The molecule has 3 heterocycles. The fourth-order valence-corrected chi connectivity index (χ4v) is 9.23. The summed E-state index contributed by atoms with van der Waals surface area (Å²) in [4.78, 5) is 93.9. The Labute approximate surface area is 614 Å². The van der Waals surface area contributed by atoms with Crippen LogP contribution in [0.3, 0.4) is 0 Å². The number of hydrogen-bond acceptors (Lipinski definition) is 28. The van der Waals surface area contributed by atoms with E-state index in [0.717, 1.165) is 17.1 Å². The van der Waals surface area contributed by atoms with Crippen LogP contribution in [0.25, 0.3) is 0 Å². The second kappa shape index (κ2) is 59.0. The first-order valence-corrected chi connectivity index (χ1v) is 35.3. The molecule has 105 heavy (non-hydrogen) atoms. The van der Waals surface area contributed by atoms with E-state index in [1.165, 1.54) is 11.0 Å². The molecular weight excluding hydrogens is 1380 g/mol. The number of hydrogen-bond donors (Lipinski definition) is 5. The largest absolute Gasteiger partial charge is 0.382 e. The maximum absolute atomic E-state index is 14.9. The van der Waals surface area contributed by atoms with Crippen LogP contribution < -0.4 is 27.0 Å². The molecule has 0 fully saturated rings. The normalized spacial score (nSPS) is 12.8. The number of primary amides is 1. The number of imide groups is 1. The van der Waals surface area contributed by atoms with Gasteiger partial charge in [0, 0.05) is 50.6 Å². The number of anilines is 1. The number of aromatic nitrogens is 6. The van der Waals surface area contributed by atoms with E-state index in [4.69, 9.17) is 86.3 Å². The predicted molar refractivity (Wildman–Crippen MR) is 375 cm³/mol.